The maximum absolute atomic E-state index is 10.5. The molecule has 0 heterocycles. The maximum atomic E-state index is 10.5. The average Bonchev–Trinajstić information content (AvgIpc) is 2.03. The van der Waals surface area contributed by atoms with Crippen molar-refractivity contribution in [1.82, 2.24) is 0 Å². The molecule has 0 amide bonds. The Bertz CT molecular complexity index is 243. The van der Waals surface area contributed by atoms with Crippen LogP contribution in [0, 0.1) is 0 Å². The Balaban J connectivity index is 4.66. The van der Waals surface area contributed by atoms with E-state index in [-0.39, 0.29) is 5.70 Å². The van der Waals surface area contributed by atoms with E-state index in [2.05, 4.69) is 11.6 Å². The van der Waals surface area contributed by atoms with Crippen LogP contribution in [-0.4, -0.2) is 22.4 Å². The average molecular weight is 185 g/mol. The Morgan fingerprint density at radius 3 is 2.58 bits per heavy atom. The van der Waals surface area contributed by atoms with E-state index in [1.807, 2.05) is 6.26 Å². The van der Waals surface area contributed by atoms with Crippen molar-refractivity contribution in [2.45, 2.75) is 6.92 Å². The van der Waals surface area contributed by atoms with Crippen molar-refractivity contribution >= 4 is 22.8 Å². The summed E-state index contributed by atoms with van der Waals surface area (Å²) in [5.74, 6) is -1.04. The molecule has 0 spiro atoms. The molecule has 66 valence electrons. The highest BCUT2D eigenvalue weighted by atomic mass is 32.2. The van der Waals surface area contributed by atoms with Crippen LogP contribution >= 0.6 is 11.8 Å². The summed E-state index contributed by atoms with van der Waals surface area (Å²) in [7, 11) is 0. The summed E-state index contributed by atoms with van der Waals surface area (Å²) in [6.07, 6.45) is 4.61. The first-order valence-corrected chi connectivity index (χ1v) is 4.49. The summed E-state index contributed by atoms with van der Waals surface area (Å²) in [5.41, 5.74) is 0.0110. The summed E-state index contributed by atoms with van der Waals surface area (Å²) in [6.45, 7) is 5.15. The molecule has 0 aliphatic rings. The van der Waals surface area contributed by atoms with Gasteiger partial charge in [0.15, 0.2) is 0 Å². The molecule has 0 aromatic carbocycles. The minimum Gasteiger partial charge on any atom is -0.477 e. The second-order valence-corrected chi connectivity index (χ2v) is 2.93. The summed E-state index contributed by atoms with van der Waals surface area (Å²) in [5, 5.41) is 9.33. The molecule has 0 bridgehead atoms. The van der Waals surface area contributed by atoms with Crippen molar-refractivity contribution in [2.24, 2.45) is 4.99 Å². The number of hydrogen-bond acceptors (Lipinski definition) is 3. The molecule has 0 saturated carbocycles. The maximum Gasteiger partial charge on any atom is 0.354 e. The molecular weight excluding hydrogens is 174 g/mol. The quantitative estimate of drug-likeness (QED) is 0.316. The highest BCUT2D eigenvalue weighted by Crippen LogP contribution is 2.04. The van der Waals surface area contributed by atoms with Crippen molar-refractivity contribution in [2.75, 3.05) is 6.26 Å². The van der Waals surface area contributed by atoms with E-state index in [9.17, 15) is 4.79 Å². The monoisotopic (exact) mass is 185 g/mol. The second-order valence-electron chi connectivity index (χ2n) is 1.93. The number of aliphatic carboxylic acids is 1. The SMILES string of the molecule is C=C/C=C(\N=C(C)SC)C(=O)O. The van der Waals surface area contributed by atoms with Gasteiger partial charge in [-0.25, -0.2) is 9.79 Å². The van der Waals surface area contributed by atoms with Crippen LogP contribution in [0.4, 0.5) is 0 Å². The molecule has 0 atom stereocenters. The topological polar surface area (TPSA) is 49.7 Å². The molecule has 0 aliphatic carbocycles. The molecule has 0 rings (SSSR count). The molecule has 0 fully saturated rings. The first kappa shape index (κ1) is 11.0. The number of carbonyl (C=O) groups is 1. The number of nitrogens with zero attached hydrogens (tertiary/aromatic N) is 1. The summed E-state index contributed by atoms with van der Waals surface area (Å²) in [4.78, 5) is 14.4. The van der Waals surface area contributed by atoms with Crippen LogP contribution in [0.3, 0.4) is 0 Å². The van der Waals surface area contributed by atoms with E-state index in [0.29, 0.717) is 5.04 Å². The van der Waals surface area contributed by atoms with Crippen LogP contribution in [0.5, 0.6) is 0 Å². The number of hydrogen-bond donors (Lipinski definition) is 1. The normalized spacial score (nSPS) is 12.8. The van der Waals surface area contributed by atoms with Crippen LogP contribution < -0.4 is 0 Å². The van der Waals surface area contributed by atoms with E-state index < -0.39 is 5.97 Å². The number of thioether (sulfide) groups is 1. The highest BCUT2D eigenvalue weighted by molar-refractivity contribution is 8.13. The smallest absolute Gasteiger partial charge is 0.354 e. The molecule has 0 saturated heterocycles. The zero-order valence-corrected chi connectivity index (χ0v) is 7.89. The van der Waals surface area contributed by atoms with E-state index >= 15 is 0 Å². The molecule has 3 nitrogen and oxygen atoms in total. The first-order valence-electron chi connectivity index (χ1n) is 3.27. The zero-order valence-electron chi connectivity index (χ0n) is 7.07. The second kappa shape index (κ2) is 5.60. The fourth-order valence-corrected chi connectivity index (χ4v) is 0.673. The number of aliphatic imine (C=N–C) groups is 1. The van der Waals surface area contributed by atoms with Gasteiger partial charge in [0.2, 0.25) is 0 Å². The molecule has 0 unspecified atom stereocenters. The Labute approximate surface area is 75.9 Å². The van der Waals surface area contributed by atoms with Crippen LogP contribution in [-0.2, 0) is 4.79 Å². The molecule has 0 aromatic heterocycles. The molecule has 0 radical (unpaired) electrons. The van der Waals surface area contributed by atoms with Crippen LogP contribution in [0.25, 0.3) is 0 Å². The number of carboxylic acid groups (broad SMARTS) is 1. The van der Waals surface area contributed by atoms with Crippen molar-refractivity contribution in [3.8, 4) is 0 Å². The predicted octanol–water partition coefficient (Wildman–Crippen LogP) is 1.92. The molecule has 1 N–H and O–H groups in total. The summed E-state index contributed by atoms with van der Waals surface area (Å²) >= 11 is 1.41. The van der Waals surface area contributed by atoms with Gasteiger partial charge in [-0.15, -0.1) is 11.8 Å². The predicted molar refractivity (Wildman–Crippen MR) is 52.5 cm³/mol. The summed E-state index contributed by atoms with van der Waals surface area (Å²) in [6, 6.07) is 0. The third-order valence-electron chi connectivity index (χ3n) is 1.07. The Morgan fingerprint density at radius 2 is 2.25 bits per heavy atom. The third-order valence-corrected chi connectivity index (χ3v) is 1.75. The lowest BCUT2D eigenvalue weighted by Crippen LogP contribution is -1.99. The van der Waals surface area contributed by atoms with E-state index in [0.717, 1.165) is 0 Å². The number of carboxylic acids is 1. The molecule has 4 heteroatoms. The fraction of sp³-hybridized carbons (Fsp3) is 0.250. The Morgan fingerprint density at radius 1 is 1.67 bits per heavy atom. The number of rotatable bonds is 3. The van der Waals surface area contributed by atoms with Gasteiger partial charge >= 0.3 is 5.97 Å². The van der Waals surface area contributed by atoms with E-state index in [1.54, 1.807) is 6.92 Å². The molecule has 12 heavy (non-hydrogen) atoms. The van der Waals surface area contributed by atoms with Crippen LogP contribution in [0.1, 0.15) is 6.92 Å². The fourth-order valence-electron chi connectivity index (χ4n) is 0.483. The van der Waals surface area contributed by atoms with Crippen molar-refractivity contribution in [3.63, 3.8) is 0 Å². The zero-order chi connectivity index (χ0) is 9.56. The lowest BCUT2D eigenvalue weighted by molar-refractivity contribution is -0.132. The van der Waals surface area contributed by atoms with Crippen molar-refractivity contribution in [3.05, 3.63) is 24.4 Å². The van der Waals surface area contributed by atoms with Gasteiger partial charge in [-0.3, -0.25) is 0 Å². The van der Waals surface area contributed by atoms with Gasteiger partial charge in [-0.05, 0) is 19.3 Å². The lowest BCUT2D eigenvalue weighted by atomic mass is 10.4. The highest BCUT2D eigenvalue weighted by Gasteiger charge is 2.03. The van der Waals surface area contributed by atoms with Crippen molar-refractivity contribution < 1.29 is 9.90 Å². The molecule has 0 aliphatic heterocycles. The largest absolute Gasteiger partial charge is 0.477 e. The first-order chi connectivity index (χ1) is 5.61. The van der Waals surface area contributed by atoms with Gasteiger partial charge in [0.1, 0.15) is 5.70 Å². The molecule has 0 aromatic rings. The van der Waals surface area contributed by atoms with Crippen molar-refractivity contribution in [1.29, 1.82) is 0 Å². The van der Waals surface area contributed by atoms with Gasteiger partial charge in [0, 0.05) is 0 Å². The van der Waals surface area contributed by atoms with Gasteiger partial charge < -0.3 is 5.11 Å². The van der Waals surface area contributed by atoms with Gasteiger partial charge in [-0.1, -0.05) is 12.7 Å². The third kappa shape index (κ3) is 3.98. The van der Waals surface area contributed by atoms with Gasteiger partial charge in [-0.2, -0.15) is 0 Å². The summed E-state index contributed by atoms with van der Waals surface area (Å²) < 4.78 is 0. The van der Waals surface area contributed by atoms with E-state index in [1.165, 1.54) is 23.9 Å². The number of allylic oxidation sites excluding steroid dienone is 2. The van der Waals surface area contributed by atoms with Crippen LogP contribution in [0.2, 0.25) is 0 Å². The van der Waals surface area contributed by atoms with Crippen LogP contribution in [0.15, 0.2) is 29.4 Å². The van der Waals surface area contributed by atoms with E-state index in [4.69, 9.17) is 5.11 Å². The minimum absolute atomic E-state index is 0.0110. The van der Waals surface area contributed by atoms with Gasteiger partial charge in [0.05, 0.1) is 5.04 Å². The minimum atomic E-state index is -1.04. The Kier molecular flexibility index (Phi) is 5.12. The van der Waals surface area contributed by atoms with Gasteiger partial charge in [0.25, 0.3) is 0 Å². The Hall–Kier alpha value is -1.03. The lowest BCUT2D eigenvalue weighted by Gasteiger charge is -1.95. The standard InChI is InChI=1S/C8H11NO2S/c1-4-5-7(8(10)11)9-6(2)12-3/h4-5H,1H2,2-3H3,(H,10,11)/b7-5-,9-6?. The molecular formula is C8H11NO2S.